The first kappa shape index (κ1) is 13.0. The molecule has 96 valence electrons. The number of hydrogen-bond acceptors (Lipinski definition) is 4. The van der Waals surface area contributed by atoms with Crippen LogP contribution in [-0.4, -0.2) is 26.7 Å². The van der Waals surface area contributed by atoms with Gasteiger partial charge in [-0.05, 0) is 40.5 Å². The monoisotopic (exact) mass is 311 g/mol. The molecule has 0 aliphatic carbocycles. The van der Waals surface area contributed by atoms with Gasteiger partial charge in [-0.2, -0.15) is 0 Å². The van der Waals surface area contributed by atoms with Crippen molar-refractivity contribution < 1.29 is 9.84 Å². The topological polar surface area (TPSA) is 60.2 Å². The molecule has 0 spiro atoms. The summed E-state index contributed by atoms with van der Waals surface area (Å²) in [4.78, 5) is 0. The van der Waals surface area contributed by atoms with Crippen molar-refractivity contribution >= 4 is 15.9 Å². The summed E-state index contributed by atoms with van der Waals surface area (Å²) in [5.74, 6) is 0.736. The Morgan fingerprint density at radius 2 is 2.28 bits per heavy atom. The summed E-state index contributed by atoms with van der Waals surface area (Å²) in [6.45, 7) is 2.52. The van der Waals surface area contributed by atoms with Gasteiger partial charge in [-0.15, -0.1) is 5.10 Å². The predicted molar refractivity (Wildman–Crippen MR) is 70.4 cm³/mol. The highest BCUT2D eigenvalue weighted by atomic mass is 79.9. The largest absolute Gasteiger partial charge is 0.494 e. The molecule has 0 saturated heterocycles. The molecule has 0 radical (unpaired) electrons. The third-order valence-electron chi connectivity index (χ3n) is 2.57. The maximum Gasteiger partial charge on any atom is 0.154 e. The molecule has 0 aliphatic rings. The first-order valence-corrected chi connectivity index (χ1v) is 6.38. The van der Waals surface area contributed by atoms with Crippen molar-refractivity contribution in [2.45, 2.75) is 13.0 Å². The lowest BCUT2D eigenvalue weighted by molar-refractivity contribution is 0.208. The van der Waals surface area contributed by atoms with Crippen LogP contribution in [0.4, 0.5) is 0 Å². The van der Waals surface area contributed by atoms with E-state index >= 15 is 0 Å². The SMILES string of the molecule is CCOc1cccc(C(O)c2c(Br)nnn2C)c1. The van der Waals surface area contributed by atoms with Crippen LogP contribution in [0.25, 0.3) is 0 Å². The zero-order valence-corrected chi connectivity index (χ0v) is 11.8. The average Bonchev–Trinajstić information content (AvgIpc) is 2.69. The van der Waals surface area contributed by atoms with Crippen LogP contribution in [0.5, 0.6) is 5.75 Å². The first-order chi connectivity index (χ1) is 8.63. The minimum absolute atomic E-state index is 0.541. The van der Waals surface area contributed by atoms with E-state index in [1.54, 1.807) is 11.7 Å². The van der Waals surface area contributed by atoms with E-state index in [1.807, 2.05) is 31.2 Å². The summed E-state index contributed by atoms with van der Waals surface area (Å²) in [5.41, 5.74) is 1.36. The van der Waals surface area contributed by atoms with Gasteiger partial charge in [0.2, 0.25) is 0 Å². The van der Waals surface area contributed by atoms with Crippen molar-refractivity contribution in [1.29, 1.82) is 0 Å². The molecule has 2 rings (SSSR count). The molecule has 0 amide bonds. The van der Waals surface area contributed by atoms with Gasteiger partial charge in [-0.3, -0.25) is 0 Å². The Balaban J connectivity index is 2.34. The van der Waals surface area contributed by atoms with Crippen molar-refractivity contribution in [3.8, 4) is 5.75 Å². The molecule has 1 N–H and O–H groups in total. The lowest BCUT2D eigenvalue weighted by Crippen LogP contribution is -2.07. The molecule has 0 bridgehead atoms. The number of hydrogen-bond donors (Lipinski definition) is 1. The van der Waals surface area contributed by atoms with Gasteiger partial charge in [-0.25, -0.2) is 4.68 Å². The van der Waals surface area contributed by atoms with Gasteiger partial charge >= 0.3 is 0 Å². The molecule has 0 saturated carbocycles. The predicted octanol–water partition coefficient (Wildman–Crippen LogP) is 2.06. The minimum Gasteiger partial charge on any atom is -0.494 e. The summed E-state index contributed by atoms with van der Waals surface area (Å²) >= 11 is 3.28. The lowest BCUT2D eigenvalue weighted by Gasteiger charge is -2.12. The standard InChI is InChI=1S/C12H14BrN3O2/c1-3-18-9-6-4-5-8(7-9)11(17)10-12(13)14-15-16(10)2/h4-7,11,17H,3H2,1-2H3. The zero-order chi connectivity index (χ0) is 13.1. The summed E-state index contributed by atoms with van der Waals surface area (Å²) in [6.07, 6.45) is -0.792. The van der Waals surface area contributed by atoms with Crippen molar-refractivity contribution in [2.75, 3.05) is 6.61 Å². The van der Waals surface area contributed by atoms with E-state index in [2.05, 4.69) is 26.2 Å². The zero-order valence-electron chi connectivity index (χ0n) is 10.2. The number of ether oxygens (including phenoxy) is 1. The van der Waals surface area contributed by atoms with Crippen molar-refractivity contribution in [1.82, 2.24) is 15.0 Å². The Labute approximate surface area is 114 Å². The number of aryl methyl sites for hydroxylation is 1. The Bertz CT molecular complexity index is 522. The van der Waals surface area contributed by atoms with Gasteiger partial charge in [0.25, 0.3) is 0 Å². The first-order valence-electron chi connectivity index (χ1n) is 5.59. The summed E-state index contributed by atoms with van der Waals surface area (Å²) in [6, 6.07) is 7.36. The van der Waals surface area contributed by atoms with Crippen LogP contribution in [0.2, 0.25) is 0 Å². The summed E-state index contributed by atoms with van der Waals surface area (Å²) in [7, 11) is 1.74. The normalized spacial score (nSPS) is 12.4. The van der Waals surface area contributed by atoms with E-state index in [1.165, 1.54) is 0 Å². The smallest absolute Gasteiger partial charge is 0.154 e. The maximum atomic E-state index is 10.3. The van der Waals surface area contributed by atoms with Gasteiger partial charge in [0.15, 0.2) is 4.60 Å². The maximum absolute atomic E-state index is 10.3. The fourth-order valence-electron chi connectivity index (χ4n) is 1.73. The average molecular weight is 312 g/mol. The van der Waals surface area contributed by atoms with Crippen LogP contribution in [0.1, 0.15) is 24.3 Å². The third kappa shape index (κ3) is 2.54. The molecular formula is C12H14BrN3O2. The molecule has 0 aliphatic heterocycles. The quantitative estimate of drug-likeness (QED) is 0.939. The molecule has 1 atom stereocenters. The molecule has 1 unspecified atom stereocenters. The van der Waals surface area contributed by atoms with E-state index in [0.717, 1.165) is 11.3 Å². The highest BCUT2D eigenvalue weighted by Crippen LogP contribution is 2.28. The van der Waals surface area contributed by atoms with Gasteiger partial charge in [0.05, 0.1) is 6.61 Å². The molecule has 18 heavy (non-hydrogen) atoms. The second kappa shape index (κ2) is 5.49. The minimum atomic E-state index is -0.792. The fourth-order valence-corrected chi connectivity index (χ4v) is 2.27. The number of nitrogens with zero attached hydrogens (tertiary/aromatic N) is 3. The van der Waals surface area contributed by atoms with E-state index in [-0.39, 0.29) is 0 Å². The Kier molecular flexibility index (Phi) is 3.98. The summed E-state index contributed by atoms with van der Waals surface area (Å²) < 4.78 is 7.50. The molecule has 1 heterocycles. The highest BCUT2D eigenvalue weighted by molar-refractivity contribution is 9.10. The lowest BCUT2D eigenvalue weighted by atomic mass is 10.1. The molecule has 1 aromatic carbocycles. The van der Waals surface area contributed by atoms with Crippen LogP contribution in [0, 0.1) is 0 Å². The second-order valence-corrected chi connectivity index (χ2v) is 4.55. The van der Waals surface area contributed by atoms with E-state index in [4.69, 9.17) is 4.74 Å². The van der Waals surface area contributed by atoms with Crippen LogP contribution in [-0.2, 0) is 7.05 Å². The number of aliphatic hydroxyl groups excluding tert-OH is 1. The van der Waals surface area contributed by atoms with Gasteiger partial charge < -0.3 is 9.84 Å². The Morgan fingerprint density at radius 3 is 2.89 bits per heavy atom. The van der Waals surface area contributed by atoms with Gasteiger partial charge in [0, 0.05) is 7.05 Å². The van der Waals surface area contributed by atoms with Crippen LogP contribution < -0.4 is 4.74 Å². The van der Waals surface area contributed by atoms with Crippen LogP contribution in [0.3, 0.4) is 0 Å². The number of benzene rings is 1. The van der Waals surface area contributed by atoms with Crippen molar-refractivity contribution in [2.24, 2.45) is 7.05 Å². The molecular weight excluding hydrogens is 298 g/mol. The number of aliphatic hydroxyl groups is 1. The molecule has 2 aromatic rings. The van der Waals surface area contributed by atoms with Crippen molar-refractivity contribution in [3.05, 3.63) is 40.1 Å². The summed E-state index contributed by atoms with van der Waals surface area (Å²) in [5, 5.41) is 18.1. The molecule has 6 heteroatoms. The molecule has 5 nitrogen and oxygen atoms in total. The van der Waals surface area contributed by atoms with Crippen LogP contribution >= 0.6 is 15.9 Å². The number of rotatable bonds is 4. The Hall–Kier alpha value is -1.40. The fraction of sp³-hybridized carbons (Fsp3) is 0.333. The van der Waals surface area contributed by atoms with Crippen LogP contribution in [0.15, 0.2) is 28.9 Å². The highest BCUT2D eigenvalue weighted by Gasteiger charge is 2.19. The number of aromatic nitrogens is 3. The number of halogens is 1. The second-order valence-electron chi connectivity index (χ2n) is 3.80. The third-order valence-corrected chi connectivity index (χ3v) is 3.14. The van der Waals surface area contributed by atoms with Crippen molar-refractivity contribution in [3.63, 3.8) is 0 Å². The Morgan fingerprint density at radius 1 is 1.50 bits per heavy atom. The molecule has 0 fully saturated rings. The van der Waals surface area contributed by atoms with E-state index in [0.29, 0.717) is 16.9 Å². The van der Waals surface area contributed by atoms with E-state index in [9.17, 15) is 5.11 Å². The van der Waals surface area contributed by atoms with Gasteiger partial charge in [-0.1, -0.05) is 17.3 Å². The van der Waals surface area contributed by atoms with Gasteiger partial charge in [0.1, 0.15) is 17.5 Å². The van der Waals surface area contributed by atoms with E-state index < -0.39 is 6.10 Å². The molecule has 1 aromatic heterocycles.